The number of allylic oxidation sites excluding steroid dienone is 1. The molecule has 0 radical (unpaired) electrons. The van der Waals surface area contributed by atoms with Crippen molar-refractivity contribution in [1.82, 2.24) is 0 Å². The normalized spacial score (nSPS) is 10.6. The van der Waals surface area contributed by atoms with Gasteiger partial charge in [0.2, 0.25) is 0 Å². The third-order valence-electron chi connectivity index (χ3n) is 3.09. The Labute approximate surface area is 147 Å². The number of carbonyl (C=O) groups is 2. The number of carboxylic acids is 1. The predicted molar refractivity (Wildman–Crippen MR) is 91.0 cm³/mol. The van der Waals surface area contributed by atoms with E-state index in [-0.39, 0.29) is 17.3 Å². The Hall–Kier alpha value is -2.60. The fourth-order valence-corrected chi connectivity index (χ4v) is 2.18. The molecule has 2 rings (SSSR count). The quantitative estimate of drug-likeness (QED) is 0.537. The lowest BCUT2D eigenvalue weighted by atomic mass is 10.1. The Morgan fingerprint density at radius 1 is 1.12 bits per heavy atom. The molecular weight excluding hydrogens is 376 g/mol. The first-order valence-corrected chi connectivity index (χ1v) is 7.77. The summed E-state index contributed by atoms with van der Waals surface area (Å²) in [4.78, 5) is 22.7. The summed E-state index contributed by atoms with van der Waals surface area (Å²) >= 11 is 3.35. The number of rotatable bonds is 7. The number of benzene rings is 2. The van der Waals surface area contributed by atoms with Gasteiger partial charge in [-0.3, -0.25) is 4.79 Å². The average Bonchev–Trinajstić information content (AvgIpc) is 2.59. The zero-order chi connectivity index (χ0) is 17.5. The van der Waals surface area contributed by atoms with Crippen LogP contribution in [0.3, 0.4) is 0 Å². The van der Waals surface area contributed by atoms with E-state index >= 15 is 0 Å². The highest BCUT2D eigenvalue weighted by Crippen LogP contribution is 2.28. The lowest BCUT2D eigenvalue weighted by Crippen LogP contribution is -2.29. The summed E-state index contributed by atoms with van der Waals surface area (Å²) in [6.45, 7) is -0.590. The van der Waals surface area contributed by atoms with E-state index in [1.807, 2.05) is 24.3 Å². The van der Waals surface area contributed by atoms with Crippen LogP contribution in [0.2, 0.25) is 0 Å². The Kier molecular flexibility index (Phi) is 6.14. The molecule has 0 aliphatic carbocycles. The maximum Gasteiger partial charge on any atom is 0.185 e. The van der Waals surface area contributed by atoms with Crippen molar-refractivity contribution in [2.45, 2.75) is 0 Å². The summed E-state index contributed by atoms with van der Waals surface area (Å²) in [6, 6.07) is 12.1. The molecule has 0 aliphatic heterocycles. The average molecular weight is 390 g/mol. The minimum atomic E-state index is -1.34. The van der Waals surface area contributed by atoms with Gasteiger partial charge in [0.15, 0.2) is 17.3 Å². The van der Waals surface area contributed by atoms with Crippen molar-refractivity contribution in [3.8, 4) is 11.5 Å². The zero-order valence-electron chi connectivity index (χ0n) is 12.8. The van der Waals surface area contributed by atoms with E-state index in [1.54, 1.807) is 12.1 Å². The van der Waals surface area contributed by atoms with Crippen molar-refractivity contribution in [2.24, 2.45) is 0 Å². The van der Waals surface area contributed by atoms with Crippen LogP contribution in [0.1, 0.15) is 15.9 Å². The second kappa shape index (κ2) is 8.31. The largest absolute Gasteiger partial charge is 0.546 e. The molecule has 0 aromatic heterocycles. The van der Waals surface area contributed by atoms with Crippen molar-refractivity contribution < 1.29 is 24.2 Å². The van der Waals surface area contributed by atoms with Gasteiger partial charge in [-0.2, -0.15) is 0 Å². The van der Waals surface area contributed by atoms with E-state index in [1.165, 1.54) is 25.3 Å². The van der Waals surface area contributed by atoms with Crippen LogP contribution in [0.15, 0.2) is 53.0 Å². The van der Waals surface area contributed by atoms with E-state index in [0.717, 1.165) is 10.0 Å². The molecule has 2 aromatic carbocycles. The Bertz CT molecular complexity index is 765. The van der Waals surface area contributed by atoms with Crippen LogP contribution in [0.25, 0.3) is 6.08 Å². The van der Waals surface area contributed by atoms with Gasteiger partial charge in [0.25, 0.3) is 0 Å². The number of ketones is 1. The lowest BCUT2D eigenvalue weighted by molar-refractivity contribution is -0.307. The highest BCUT2D eigenvalue weighted by molar-refractivity contribution is 9.10. The van der Waals surface area contributed by atoms with E-state index in [0.29, 0.717) is 5.56 Å². The van der Waals surface area contributed by atoms with Crippen molar-refractivity contribution in [3.05, 3.63) is 64.1 Å². The van der Waals surface area contributed by atoms with Gasteiger partial charge in [-0.15, -0.1) is 0 Å². The van der Waals surface area contributed by atoms with Gasteiger partial charge in [-0.25, -0.2) is 0 Å². The van der Waals surface area contributed by atoms with Gasteiger partial charge >= 0.3 is 0 Å². The maximum absolute atomic E-state index is 12.2. The second-order valence-electron chi connectivity index (χ2n) is 4.78. The Balaban J connectivity index is 2.14. The summed E-state index contributed by atoms with van der Waals surface area (Å²) in [6.07, 6.45) is 3.17. The number of carbonyl (C=O) groups excluding carboxylic acids is 2. The number of hydrogen-bond donors (Lipinski definition) is 0. The van der Waals surface area contributed by atoms with Crippen LogP contribution in [0, 0.1) is 0 Å². The van der Waals surface area contributed by atoms with E-state index in [4.69, 9.17) is 9.47 Å². The molecule has 5 nitrogen and oxygen atoms in total. The first kappa shape index (κ1) is 17.7. The van der Waals surface area contributed by atoms with Crippen molar-refractivity contribution >= 4 is 33.8 Å². The van der Waals surface area contributed by atoms with Crippen LogP contribution >= 0.6 is 15.9 Å². The number of carboxylic acid groups (broad SMARTS) is 1. The molecule has 0 bridgehead atoms. The number of hydrogen-bond acceptors (Lipinski definition) is 5. The molecule has 0 spiro atoms. The first-order valence-electron chi connectivity index (χ1n) is 6.98. The molecule has 0 unspecified atom stereocenters. The number of halogens is 1. The number of aliphatic carboxylic acids is 1. The molecule has 0 N–H and O–H groups in total. The molecule has 0 atom stereocenters. The predicted octanol–water partition coefficient (Wildman–Crippen LogP) is 2.48. The van der Waals surface area contributed by atoms with Gasteiger partial charge in [-0.1, -0.05) is 34.1 Å². The summed E-state index contributed by atoms with van der Waals surface area (Å²) in [5, 5.41) is 10.4. The van der Waals surface area contributed by atoms with E-state index in [9.17, 15) is 14.7 Å². The standard InChI is InChI=1S/C18H15BrO5/c1-23-17-10-13(5-9-16(17)24-11-18(21)22)15(20)8-4-12-2-6-14(19)7-3-12/h2-10H,11H2,1H3,(H,21,22)/p-1/b8-4+. The monoisotopic (exact) mass is 389 g/mol. The smallest absolute Gasteiger partial charge is 0.185 e. The summed E-state index contributed by atoms with van der Waals surface area (Å²) in [5.74, 6) is -1.04. The lowest BCUT2D eigenvalue weighted by Gasteiger charge is -2.11. The topological polar surface area (TPSA) is 75.7 Å². The number of ether oxygens (including phenoxy) is 2. The molecule has 2 aromatic rings. The maximum atomic E-state index is 12.2. The minimum absolute atomic E-state index is 0.206. The Morgan fingerprint density at radius 2 is 1.83 bits per heavy atom. The number of methoxy groups -OCH3 is 1. The van der Waals surface area contributed by atoms with Gasteiger partial charge in [0, 0.05) is 10.0 Å². The van der Waals surface area contributed by atoms with Gasteiger partial charge in [-0.05, 0) is 42.0 Å². The van der Waals surface area contributed by atoms with Crippen LogP contribution in [-0.2, 0) is 4.79 Å². The van der Waals surface area contributed by atoms with Crippen molar-refractivity contribution in [2.75, 3.05) is 13.7 Å². The molecule has 124 valence electrons. The summed E-state index contributed by atoms with van der Waals surface area (Å²) in [5.41, 5.74) is 1.30. The van der Waals surface area contributed by atoms with Crippen molar-refractivity contribution in [3.63, 3.8) is 0 Å². The molecule has 0 amide bonds. The van der Waals surface area contributed by atoms with Gasteiger partial charge in [0.1, 0.15) is 6.61 Å². The highest BCUT2D eigenvalue weighted by atomic mass is 79.9. The summed E-state index contributed by atoms with van der Waals surface area (Å²) < 4.78 is 11.1. The third kappa shape index (κ3) is 4.96. The fourth-order valence-electron chi connectivity index (χ4n) is 1.92. The van der Waals surface area contributed by atoms with Crippen LogP contribution in [0.5, 0.6) is 11.5 Å². The van der Waals surface area contributed by atoms with Crippen LogP contribution < -0.4 is 14.6 Å². The zero-order valence-corrected chi connectivity index (χ0v) is 14.4. The van der Waals surface area contributed by atoms with Crippen LogP contribution in [-0.4, -0.2) is 25.5 Å². The van der Waals surface area contributed by atoms with Crippen LogP contribution in [0.4, 0.5) is 0 Å². The van der Waals surface area contributed by atoms with Gasteiger partial charge < -0.3 is 19.4 Å². The molecule has 0 saturated carbocycles. The highest BCUT2D eigenvalue weighted by Gasteiger charge is 2.09. The molecule has 0 fully saturated rings. The molecule has 0 heterocycles. The minimum Gasteiger partial charge on any atom is -0.546 e. The third-order valence-corrected chi connectivity index (χ3v) is 3.62. The Morgan fingerprint density at radius 3 is 2.46 bits per heavy atom. The SMILES string of the molecule is COc1cc(C(=O)/C=C/c2ccc(Br)cc2)ccc1OCC(=O)[O-]. The van der Waals surface area contributed by atoms with Gasteiger partial charge in [0.05, 0.1) is 13.1 Å². The fraction of sp³-hybridized carbons (Fsp3) is 0.111. The molecule has 0 saturated heterocycles. The second-order valence-corrected chi connectivity index (χ2v) is 5.69. The molecule has 6 heteroatoms. The van der Waals surface area contributed by atoms with Crippen molar-refractivity contribution in [1.29, 1.82) is 0 Å². The van der Waals surface area contributed by atoms with E-state index < -0.39 is 12.6 Å². The molecule has 0 aliphatic rings. The van der Waals surface area contributed by atoms with E-state index in [2.05, 4.69) is 15.9 Å². The first-order chi connectivity index (χ1) is 11.5. The summed E-state index contributed by atoms with van der Waals surface area (Å²) in [7, 11) is 1.41. The molecular formula is C18H14BrO5-. The molecule has 24 heavy (non-hydrogen) atoms.